The first-order valence-corrected chi connectivity index (χ1v) is 9.54. The van der Waals surface area contributed by atoms with Gasteiger partial charge in [-0.2, -0.15) is 4.31 Å². The Hall–Kier alpha value is -0.960. The molecule has 0 fully saturated rings. The first-order chi connectivity index (χ1) is 9.04. The molecule has 0 aromatic heterocycles. The molecule has 0 amide bonds. The molecule has 0 saturated heterocycles. The average molecular weight is 320 g/mol. The Balaban J connectivity index is 3.01. The lowest BCUT2D eigenvalue weighted by Gasteiger charge is -2.17. The fourth-order valence-corrected chi connectivity index (χ4v) is 3.50. The van der Waals surface area contributed by atoms with Crippen molar-refractivity contribution in [1.82, 2.24) is 4.31 Å². The van der Waals surface area contributed by atoms with Crippen molar-refractivity contribution in [1.29, 1.82) is 0 Å². The fourth-order valence-electron chi connectivity index (χ4n) is 1.55. The van der Waals surface area contributed by atoms with E-state index in [1.807, 2.05) is 0 Å². The van der Waals surface area contributed by atoms with Gasteiger partial charge in [0, 0.05) is 25.9 Å². The summed E-state index contributed by atoms with van der Waals surface area (Å²) in [5.41, 5.74) is 6.44. The van der Waals surface area contributed by atoms with E-state index in [0.29, 0.717) is 5.56 Å². The molecule has 6 nitrogen and oxygen atoms in total. The summed E-state index contributed by atoms with van der Waals surface area (Å²) < 4.78 is 47.9. The minimum absolute atomic E-state index is 0.0798. The van der Waals surface area contributed by atoms with Crippen LogP contribution < -0.4 is 5.73 Å². The highest BCUT2D eigenvalue weighted by molar-refractivity contribution is 7.91. The number of benzene rings is 1. The van der Waals surface area contributed by atoms with Crippen LogP contribution in [0, 0.1) is 0 Å². The average Bonchev–Trinajstić information content (AvgIpc) is 2.35. The number of sulfone groups is 1. The molecule has 1 atom stereocenters. The third kappa shape index (κ3) is 4.55. The molecule has 0 aliphatic rings. The van der Waals surface area contributed by atoms with Gasteiger partial charge in [-0.15, -0.1) is 0 Å². The van der Waals surface area contributed by atoms with Crippen LogP contribution in [0.1, 0.15) is 18.5 Å². The quantitative estimate of drug-likeness (QED) is 0.817. The minimum Gasteiger partial charge on any atom is -0.324 e. The summed E-state index contributed by atoms with van der Waals surface area (Å²) in [5, 5.41) is 0. The van der Waals surface area contributed by atoms with E-state index in [1.165, 1.54) is 19.2 Å². The molecule has 0 aliphatic carbocycles. The molecule has 0 bridgehead atoms. The first kappa shape index (κ1) is 17.1. The number of hydrogen-bond donors (Lipinski definition) is 1. The summed E-state index contributed by atoms with van der Waals surface area (Å²) in [5.74, 6) is -0.213. The van der Waals surface area contributed by atoms with E-state index < -0.39 is 19.9 Å². The van der Waals surface area contributed by atoms with Gasteiger partial charge in [0.2, 0.25) is 10.0 Å². The molecule has 2 N–H and O–H groups in total. The molecule has 0 radical (unpaired) electrons. The van der Waals surface area contributed by atoms with Crippen LogP contribution in [0.4, 0.5) is 0 Å². The van der Waals surface area contributed by atoms with E-state index in [9.17, 15) is 16.8 Å². The van der Waals surface area contributed by atoms with Gasteiger partial charge >= 0.3 is 0 Å². The van der Waals surface area contributed by atoms with Crippen LogP contribution in [-0.4, -0.2) is 46.7 Å². The van der Waals surface area contributed by atoms with Gasteiger partial charge in [-0.3, -0.25) is 0 Å². The second kappa shape index (κ2) is 6.21. The van der Waals surface area contributed by atoms with Gasteiger partial charge < -0.3 is 5.73 Å². The Labute approximate surface area is 120 Å². The van der Waals surface area contributed by atoms with Crippen molar-refractivity contribution in [3.63, 3.8) is 0 Å². The lowest BCUT2D eigenvalue weighted by atomic mass is 10.1. The number of sulfonamides is 1. The number of hydrogen-bond acceptors (Lipinski definition) is 5. The number of nitrogens with zero attached hydrogens (tertiary/aromatic N) is 1. The zero-order chi connectivity index (χ0) is 15.6. The van der Waals surface area contributed by atoms with Crippen molar-refractivity contribution >= 4 is 19.9 Å². The van der Waals surface area contributed by atoms with Gasteiger partial charge in [-0.25, -0.2) is 16.8 Å². The zero-order valence-electron chi connectivity index (χ0n) is 11.8. The van der Waals surface area contributed by atoms with E-state index in [2.05, 4.69) is 0 Å². The van der Waals surface area contributed by atoms with Crippen molar-refractivity contribution in [2.75, 3.05) is 25.6 Å². The molecular weight excluding hydrogens is 300 g/mol. The van der Waals surface area contributed by atoms with E-state index in [1.54, 1.807) is 19.1 Å². The third-order valence-electron chi connectivity index (χ3n) is 2.87. The van der Waals surface area contributed by atoms with Crippen molar-refractivity contribution in [3.05, 3.63) is 29.8 Å². The smallest absolute Gasteiger partial charge is 0.242 e. The van der Waals surface area contributed by atoms with Crippen LogP contribution in [0.15, 0.2) is 29.2 Å². The normalized spacial score (nSPS) is 14.4. The maximum Gasteiger partial charge on any atom is 0.242 e. The van der Waals surface area contributed by atoms with Crippen LogP contribution in [0.25, 0.3) is 0 Å². The van der Waals surface area contributed by atoms with Crippen LogP contribution >= 0.6 is 0 Å². The van der Waals surface area contributed by atoms with Crippen molar-refractivity contribution < 1.29 is 16.8 Å². The highest BCUT2D eigenvalue weighted by atomic mass is 32.2. The highest BCUT2D eigenvalue weighted by Gasteiger charge is 2.22. The first-order valence-electron chi connectivity index (χ1n) is 6.03. The molecule has 8 heteroatoms. The Kier molecular flexibility index (Phi) is 5.31. The third-order valence-corrected chi connectivity index (χ3v) is 5.65. The Bertz CT molecular complexity index is 666. The topological polar surface area (TPSA) is 97.5 Å². The molecule has 0 aliphatic heterocycles. The van der Waals surface area contributed by atoms with Gasteiger partial charge in [-0.1, -0.05) is 12.1 Å². The lowest BCUT2D eigenvalue weighted by Crippen LogP contribution is -2.31. The summed E-state index contributed by atoms with van der Waals surface area (Å²) in [6, 6.07) is 6.08. The van der Waals surface area contributed by atoms with E-state index >= 15 is 0 Å². The van der Waals surface area contributed by atoms with E-state index in [4.69, 9.17) is 5.73 Å². The van der Waals surface area contributed by atoms with Crippen molar-refractivity contribution in [3.8, 4) is 0 Å². The molecule has 0 spiro atoms. The molecule has 20 heavy (non-hydrogen) atoms. The molecule has 1 aromatic carbocycles. The fraction of sp³-hybridized carbons (Fsp3) is 0.500. The summed E-state index contributed by atoms with van der Waals surface area (Å²) in [6.07, 6.45) is 1.07. The predicted molar refractivity (Wildman–Crippen MR) is 78.6 cm³/mol. The summed E-state index contributed by atoms with van der Waals surface area (Å²) in [4.78, 5) is 0.114. The lowest BCUT2D eigenvalue weighted by molar-refractivity contribution is 0.484. The van der Waals surface area contributed by atoms with Gasteiger partial charge in [0.25, 0.3) is 0 Å². The van der Waals surface area contributed by atoms with E-state index in [-0.39, 0.29) is 23.2 Å². The van der Waals surface area contributed by atoms with Crippen LogP contribution in [0.5, 0.6) is 0 Å². The van der Waals surface area contributed by atoms with Crippen molar-refractivity contribution in [2.45, 2.75) is 17.9 Å². The predicted octanol–water partition coefficient (Wildman–Crippen LogP) is 0.371. The second-order valence-corrected chi connectivity index (χ2v) is 9.12. The number of nitrogens with two attached hydrogens (primary N) is 1. The minimum atomic E-state index is -3.70. The highest BCUT2D eigenvalue weighted by Crippen LogP contribution is 2.18. The SMILES string of the molecule is CC(N)c1cccc(S(=O)(=O)N(C)CCS(C)(=O)=O)c1. The Morgan fingerprint density at radius 3 is 2.35 bits per heavy atom. The zero-order valence-corrected chi connectivity index (χ0v) is 13.4. The molecular formula is C12H20N2O4S2. The van der Waals surface area contributed by atoms with Crippen molar-refractivity contribution in [2.24, 2.45) is 5.73 Å². The summed E-state index contributed by atoms with van der Waals surface area (Å²) >= 11 is 0. The Morgan fingerprint density at radius 2 is 1.85 bits per heavy atom. The van der Waals surface area contributed by atoms with Crippen LogP contribution in [-0.2, 0) is 19.9 Å². The molecule has 114 valence electrons. The molecule has 1 unspecified atom stereocenters. The van der Waals surface area contributed by atoms with Gasteiger partial charge in [0.1, 0.15) is 9.84 Å². The molecule has 1 aromatic rings. The maximum absolute atomic E-state index is 12.3. The Morgan fingerprint density at radius 1 is 1.25 bits per heavy atom. The summed E-state index contributed by atoms with van der Waals surface area (Å²) in [6.45, 7) is 1.68. The van der Waals surface area contributed by atoms with Gasteiger partial charge in [0.15, 0.2) is 0 Å². The van der Waals surface area contributed by atoms with Crippen LogP contribution in [0.2, 0.25) is 0 Å². The van der Waals surface area contributed by atoms with Crippen LogP contribution in [0.3, 0.4) is 0 Å². The monoisotopic (exact) mass is 320 g/mol. The second-order valence-electron chi connectivity index (χ2n) is 4.82. The standard InChI is InChI=1S/C12H20N2O4S2/c1-10(13)11-5-4-6-12(9-11)20(17,18)14(2)7-8-19(3,15)16/h4-6,9-10H,7-8,13H2,1-3H3. The molecule has 0 heterocycles. The maximum atomic E-state index is 12.3. The largest absolute Gasteiger partial charge is 0.324 e. The molecule has 0 saturated carbocycles. The van der Waals surface area contributed by atoms with Gasteiger partial charge in [-0.05, 0) is 24.6 Å². The number of rotatable bonds is 6. The molecule has 1 rings (SSSR count). The van der Waals surface area contributed by atoms with Gasteiger partial charge in [0.05, 0.1) is 10.6 Å². The summed E-state index contributed by atoms with van der Waals surface area (Å²) in [7, 11) is -5.55. The van der Waals surface area contributed by atoms with E-state index in [0.717, 1.165) is 10.6 Å².